The maximum atomic E-state index is 13.8. The van der Waals surface area contributed by atoms with Crippen LogP contribution in [0.2, 0.25) is 5.15 Å². The highest BCUT2D eigenvalue weighted by molar-refractivity contribution is 6.29. The minimum Gasteiger partial charge on any atom is -0.302 e. The first kappa shape index (κ1) is 11.1. The van der Waals surface area contributed by atoms with Gasteiger partial charge in [0.05, 0.1) is 5.69 Å². The molecule has 16 heavy (non-hydrogen) atoms. The molecule has 0 fully saturated rings. The third kappa shape index (κ3) is 2.09. The Morgan fingerprint density at radius 3 is 2.62 bits per heavy atom. The van der Waals surface area contributed by atoms with E-state index in [1.165, 1.54) is 6.33 Å². The molecule has 0 saturated carbocycles. The molecule has 84 valence electrons. The molecule has 0 aliphatic rings. The summed E-state index contributed by atoms with van der Waals surface area (Å²) in [7, 11) is 0. The molecule has 0 spiro atoms. The van der Waals surface area contributed by atoms with Crippen LogP contribution in [-0.4, -0.2) is 9.55 Å². The average molecular weight is 239 g/mol. The summed E-state index contributed by atoms with van der Waals surface area (Å²) in [6.45, 7) is 4.06. The zero-order chi connectivity index (χ0) is 11.7. The zero-order valence-electron chi connectivity index (χ0n) is 9.11. The maximum Gasteiger partial charge on any atom is 0.147 e. The molecule has 0 N–H and O–H groups in total. The van der Waals surface area contributed by atoms with Crippen molar-refractivity contribution in [3.8, 4) is 5.69 Å². The third-order valence-corrected chi connectivity index (χ3v) is 2.66. The van der Waals surface area contributed by atoms with Crippen molar-refractivity contribution >= 4 is 11.6 Å². The van der Waals surface area contributed by atoms with Crippen LogP contribution in [0.1, 0.15) is 25.3 Å². The lowest BCUT2D eigenvalue weighted by Crippen LogP contribution is -1.97. The number of rotatable bonds is 2. The van der Waals surface area contributed by atoms with Gasteiger partial charge in [-0.3, -0.25) is 0 Å². The van der Waals surface area contributed by atoms with Crippen LogP contribution in [0.15, 0.2) is 30.7 Å². The van der Waals surface area contributed by atoms with E-state index >= 15 is 0 Å². The molecular formula is C12H12ClFN2. The van der Waals surface area contributed by atoms with Gasteiger partial charge in [-0.05, 0) is 23.6 Å². The Bertz CT molecular complexity index is 505. The molecular weight excluding hydrogens is 227 g/mol. The van der Waals surface area contributed by atoms with Crippen molar-refractivity contribution < 1.29 is 4.39 Å². The van der Waals surface area contributed by atoms with Gasteiger partial charge in [-0.15, -0.1) is 0 Å². The molecule has 1 heterocycles. The van der Waals surface area contributed by atoms with E-state index in [0.29, 0.717) is 16.8 Å². The molecule has 2 aromatic rings. The highest BCUT2D eigenvalue weighted by Gasteiger charge is 2.08. The largest absolute Gasteiger partial charge is 0.302 e. The average Bonchev–Trinajstić information content (AvgIpc) is 2.64. The molecule has 0 aliphatic heterocycles. The fourth-order valence-electron chi connectivity index (χ4n) is 1.52. The lowest BCUT2D eigenvalue weighted by molar-refractivity contribution is 0.613. The predicted molar refractivity (Wildman–Crippen MR) is 62.6 cm³/mol. The summed E-state index contributed by atoms with van der Waals surface area (Å²) >= 11 is 5.69. The van der Waals surface area contributed by atoms with E-state index in [-0.39, 0.29) is 5.82 Å². The van der Waals surface area contributed by atoms with Gasteiger partial charge in [-0.25, -0.2) is 9.37 Å². The summed E-state index contributed by atoms with van der Waals surface area (Å²) in [5.41, 5.74) is 1.44. The Balaban J connectivity index is 2.44. The Labute approximate surface area is 98.7 Å². The Morgan fingerprint density at radius 2 is 2.12 bits per heavy atom. The van der Waals surface area contributed by atoms with Crippen LogP contribution >= 0.6 is 11.6 Å². The van der Waals surface area contributed by atoms with Crippen molar-refractivity contribution in [2.45, 2.75) is 19.8 Å². The van der Waals surface area contributed by atoms with Crippen LogP contribution in [0.4, 0.5) is 4.39 Å². The first-order valence-electron chi connectivity index (χ1n) is 5.07. The van der Waals surface area contributed by atoms with Gasteiger partial charge in [0.1, 0.15) is 17.3 Å². The van der Waals surface area contributed by atoms with Gasteiger partial charge in [0.2, 0.25) is 0 Å². The predicted octanol–water partition coefficient (Wildman–Crippen LogP) is 3.79. The number of aromatic nitrogens is 2. The summed E-state index contributed by atoms with van der Waals surface area (Å²) < 4.78 is 15.4. The van der Waals surface area contributed by atoms with Gasteiger partial charge in [0, 0.05) is 6.20 Å². The van der Waals surface area contributed by atoms with Crippen molar-refractivity contribution in [1.29, 1.82) is 0 Å². The third-order valence-electron chi connectivity index (χ3n) is 2.47. The number of benzene rings is 1. The van der Waals surface area contributed by atoms with Gasteiger partial charge in [-0.2, -0.15) is 0 Å². The van der Waals surface area contributed by atoms with E-state index in [9.17, 15) is 4.39 Å². The molecule has 0 unspecified atom stereocenters. The molecule has 0 bridgehead atoms. The monoisotopic (exact) mass is 238 g/mol. The van der Waals surface area contributed by atoms with Gasteiger partial charge < -0.3 is 4.57 Å². The second kappa shape index (κ2) is 4.26. The van der Waals surface area contributed by atoms with Crippen molar-refractivity contribution in [3.05, 3.63) is 47.3 Å². The van der Waals surface area contributed by atoms with Crippen molar-refractivity contribution in [2.75, 3.05) is 0 Å². The molecule has 1 aromatic heterocycles. The molecule has 2 nitrogen and oxygen atoms in total. The number of halogens is 2. The van der Waals surface area contributed by atoms with E-state index in [1.54, 1.807) is 22.9 Å². The molecule has 0 saturated heterocycles. The summed E-state index contributed by atoms with van der Waals surface area (Å²) in [6.07, 6.45) is 3.07. The highest BCUT2D eigenvalue weighted by Crippen LogP contribution is 2.21. The fraction of sp³-hybridized carbons (Fsp3) is 0.250. The first-order chi connectivity index (χ1) is 7.58. The molecule has 0 atom stereocenters. The standard InChI is InChI=1S/C12H12ClFN2/c1-8(2)9-3-4-11(10(14)5-9)16-6-12(13)15-7-16/h3-8H,1-2H3. The number of imidazole rings is 1. The van der Waals surface area contributed by atoms with E-state index in [4.69, 9.17) is 11.6 Å². The number of hydrogen-bond acceptors (Lipinski definition) is 1. The minimum atomic E-state index is -0.264. The van der Waals surface area contributed by atoms with E-state index in [1.807, 2.05) is 19.9 Å². The van der Waals surface area contributed by atoms with E-state index in [2.05, 4.69) is 4.98 Å². The summed E-state index contributed by atoms with van der Waals surface area (Å²) in [6, 6.07) is 5.20. The summed E-state index contributed by atoms with van der Waals surface area (Å²) in [4.78, 5) is 3.85. The SMILES string of the molecule is CC(C)c1ccc(-n2cnc(Cl)c2)c(F)c1. The second-order valence-corrected chi connectivity index (χ2v) is 4.36. The lowest BCUT2D eigenvalue weighted by atomic mass is 10.0. The minimum absolute atomic E-state index is 0.264. The normalized spacial score (nSPS) is 11.1. The van der Waals surface area contributed by atoms with Crippen LogP contribution in [0, 0.1) is 5.82 Å². The summed E-state index contributed by atoms with van der Waals surface area (Å²) in [5, 5.41) is 0.354. The Hall–Kier alpha value is -1.35. The van der Waals surface area contributed by atoms with Crippen LogP contribution in [0.5, 0.6) is 0 Å². The van der Waals surface area contributed by atoms with Crippen molar-refractivity contribution in [2.24, 2.45) is 0 Å². The molecule has 0 radical (unpaired) electrons. The van der Waals surface area contributed by atoms with Crippen LogP contribution < -0.4 is 0 Å². The quantitative estimate of drug-likeness (QED) is 0.778. The number of nitrogens with zero attached hydrogens (tertiary/aromatic N) is 2. The summed E-state index contributed by atoms with van der Waals surface area (Å²) in [5.74, 6) is 0.0511. The molecule has 2 rings (SSSR count). The smallest absolute Gasteiger partial charge is 0.147 e. The lowest BCUT2D eigenvalue weighted by Gasteiger charge is -2.08. The topological polar surface area (TPSA) is 17.8 Å². The van der Waals surface area contributed by atoms with Crippen LogP contribution in [0.3, 0.4) is 0 Å². The fourth-order valence-corrected chi connectivity index (χ4v) is 1.67. The molecule has 4 heteroatoms. The molecule has 0 aliphatic carbocycles. The second-order valence-electron chi connectivity index (χ2n) is 3.97. The highest BCUT2D eigenvalue weighted by atomic mass is 35.5. The van der Waals surface area contributed by atoms with Crippen molar-refractivity contribution in [3.63, 3.8) is 0 Å². The van der Waals surface area contributed by atoms with Crippen LogP contribution in [0.25, 0.3) is 5.69 Å². The van der Waals surface area contributed by atoms with Gasteiger partial charge in [0.25, 0.3) is 0 Å². The van der Waals surface area contributed by atoms with E-state index < -0.39 is 0 Å². The van der Waals surface area contributed by atoms with Gasteiger partial charge in [-0.1, -0.05) is 31.5 Å². The first-order valence-corrected chi connectivity index (χ1v) is 5.45. The van der Waals surface area contributed by atoms with Crippen molar-refractivity contribution in [1.82, 2.24) is 9.55 Å². The molecule has 1 aromatic carbocycles. The van der Waals surface area contributed by atoms with Crippen LogP contribution in [-0.2, 0) is 0 Å². The molecule has 0 amide bonds. The van der Waals surface area contributed by atoms with E-state index in [0.717, 1.165) is 5.56 Å². The van der Waals surface area contributed by atoms with Gasteiger partial charge in [0.15, 0.2) is 0 Å². The Morgan fingerprint density at radius 1 is 1.38 bits per heavy atom. The maximum absolute atomic E-state index is 13.8. The van der Waals surface area contributed by atoms with Gasteiger partial charge >= 0.3 is 0 Å². The number of hydrogen-bond donors (Lipinski definition) is 0. The Kier molecular flexibility index (Phi) is 2.97. The zero-order valence-corrected chi connectivity index (χ0v) is 9.87.